The van der Waals surface area contributed by atoms with Crippen LogP contribution in [0.15, 0.2) is 23.0 Å². The summed E-state index contributed by atoms with van der Waals surface area (Å²) in [6.45, 7) is 1.93. The van der Waals surface area contributed by atoms with Crippen LogP contribution in [0.4, 0.5) is 16.2 Å². The monoisotopic (exact) mass is 238 g/mol. The van der Waals surface area contributed by atoms with E-state index in [0.717, 1.165) is 11.8 Å². The molecule has 2 heterocycles. The summed E-state index contributed by atoms with van der Waals surface area (Å²) in [5.74, 6) is -0.316. The van der Waals surface area contributed by atoms with Crippen LogP contribution in [0.25, 0.3) is 0 Å². The molecule has 0 aliphatic heterocycles. The Morgan fingerprint density at radius 2 is 2.38 bits per heavy atom. The van der Waals surface area contributed by atoms with Crippen LogP contribution in [0, 0.1) is 5.82 Å². The van der Waals surface area contributed by atoms with Gasteiger partial charge in [-0.1, -0.05) is 0 Å². The van der Waals surface area contributed by atoms with Crippen molar-refractivity contribution in [2.75, 3.05) is 11.1 Å². The number of aromatic nitrogens is 2. The molecular formula is C10H11FN4S. The Kier molecular flexibility index (Phi) is 3.00. The molecule has 2 aromatic heterocycles. The van der Waals surface area contributed by atoms with Gasteiger partial charge in [-0.3, -0.25) is 0 Å². The fraction of sp³-hybridized carbons (Fsp3) is 0.200. The fourth-order valence-corrected chi connectivity index (χ4v) is 2.05. The zero-order valence-corrected chi connectivity index (χ0v) is 9.46. The molecular weight excluding hydrogens is 227 g/mol. The van der Waals surface area contributed by atoms with Crippen LogP contribution >= 0.6 is 11.3 Å². The molecule has 84 valence electrons. The lowest BCUT2D eigenvalue weighted by molar-refractivity contribution is 0.614. The molecule has 2 rings (SSSR count). The van der Waals surface area contributed by atoms with Crippen molar-refractivity contribution < 1.29 is 4.39 Å². The summed E-state index contributed by atoms with van der Waals surface area (Å²) in [6, 6.07) is 1.96. The van der Waals surface area contributed by atoms with Gasteiger partial charge in [-0.2, -0.15) is 16.3 Å². The van der Waals surface area contributed by atoms with Gasteiger partial charge >= 0.3 is 0 Å². The van der Waals surface area contributed by atoms with Gasteiger partial charge < -0.3 is 11.1 Å². The van der Waals surface area contributed by atoms with E-state index in [0.29, 0.717) is 0 Å². The lowest BCUT2D eigenvalue weighted by Crippen LogP contribution is -2.10. The van der Waals surface area contributed by atoms with E-state index < -0.39 is 5.82 Å². The molecule has 0 radical (unpaired) electrons. The molecule has 0 aliphatic rings. The zero-order chi connectivity index (χ0) is 11.5. The molecule has 1 atom stereocenters. The predicted octanol–water partition coefficient (Wildman–Crippen LogP) is 2.43. The quantitative estimate of drug-likeness (QED) is 0.862. The first-order valence-corrected chi connectivity index (χ1v) is 5.67. The molecule has 0 bridgehead atoms. The van der Waals surface area contributed by atoms with E-state index in [4.69, 9.17) is 5.73 Å². The number of anilines is 2. The van der Waals surface area contributed by atoms with Crippen LogP contribution in [-0.2, 0) is 0 Å². The van der Waals surface area contributed by atoms with Gasteiger partial charge in [0.05, 0.1) is 12.2 Å². The van der Waals surface area contributed by atoms with E-state index in [2.05, 4.69) is 15.3 Å². The zero-order valence-electron chi connectivity index (χ0n) is 8.64. The molecule has 3 N–H and O–H groups in total. The summed E-state index contributed by atoms with van der Waals surface area (Å²) < 4.78 is 13.3. The second kappa shape index (κ2) is 4.44. The lowest BCUT2D eigenvalue weighted by Gasteiger charge is -2.13. The van der Waals surface area contributed by atoms with Crippen molar-refractivity contribution in [3.63, 3.8) is 0 Å². The number of nitrogens with one attached hydrogen (secondary N) is 1. The van der Waals surface area contributed by atoms with Crippen molar-refractivity contribution in [2.45, 2.75) is 13.0 Å². The number of halogens is 1. The summed E-state index contributed by atoms with van der Waals surface area (Å²) in [4.78, 5) is 7.37. The number of thiophene rings is 1. The van der Waals surface area contributed by atoms with Gasteiger partial charge in [0, 0.05) is 0 Å². The van der Waals surface area contributed by atoms with Crippen molar-refractivity contribution in [1.82, 2.24) is 9.97 Å². The second-order valence-corrected chi connectivity index (χ2v) is 4.13. The fourth-order valence-electron chi connectivity index (χ4n) is 1.29. The van der Waals surface area contributed by atoms with E-state index >= 15 is 0 Å². The summed E-state index contributed by atoms with van der Waals surface area (Å²) in [6.07, 6.45) is 1.06. The van der Waals surface area contributed by atoms with Crippen LogP contribution in [0.5, 0.6) is 0 Å². The summed E-state index contributed by atoms with van der Waals surface area (Å²) >= 11 is 1.59. The molecule has 2 aromatic rings. The predicted molar refractivity (Wildman–Crippen MR) is 62.8 cm³/mol. The maximum atomic E-state index is 13.3. The molecule has 0 aliphatic carbocycles. The molecule has 4 nitrogen and oxygen atoms in total. The van der Waals surface area contributed by atoms with E-state index in [1.165, 1.54) is 0 Å². The Morgan fingerprint density at radius 3 is 3.06 bits per heavy atom. The number of nitrogens with two attached hydrogens (primary N) is 1. The van der Waals surface area contributed by atoms with Crippen LogP contribution in [-0.4, -0.2) is 9.97 Å². The van der Waals surface area contributed by atoms with Crippen molar-refractivity contribution in [2.24, 2.45) is 0 Å². The maximum absolute atomic E-state index is 13.3. The molecule has 0 fully saturated rings. The molecule has 0 saturated heterocycles. The molecule has 0 saturated carbocycles. The first kappa shape index (κ1) is 10.8. The highest BCUT2D eigenvalue weighted by molar-refractivity contribution is 7.07. The first-order valence-electron chi connectivity index (χ1n) is 4.73. The van der Waals surface area contributed by atoms with E-state index in [1.54, 1.807) is 11.3 Å². The lowest BCUT2D eigenvalue weighted by atomic mass is 10.2. The van der Waals surface area contributed by atoms with Gasteiger partial charge in [-0.15, -0.1) is 0 Å². The minimum atomic E-state index is -0.503. The standard InChI is InChI=1S/C10H11FN4S/c1-6(7-2-3-16-5-7)14-9-8(11)4-13-10(12)15-9/h2-6H,1H3,(H3,12,13,14,15). The third kappa shape index (κ3) is 2.27. The Balaban J connectivity index is 2.17. The van der Waals surface area contributed by atoms with Gasteiger partial charge in [0.15, 0.2) is 11.6 Å². The number of nitrogen functional groups attached to an aromatic ring is 1. The average molecular weight is 238 g/mol. The molecule has 1 unspecified atom stereocenters. The minimum absolute atomic E-state index is 0.0185. The summed E-state index contributed by atoms with van der Waals surface area (Å²) in [5, 5.41) is 6.92. The van der Waals surface area contributed by atoms with Gasteiger partial charge in [-0.25, -0.2) is 9.37 Å². The topological polar surface area (TPSA) is 63.8 Å². The van der Waals surface area contributed by atoms with Crippen LogP contribution in [0.2, 0.25) is 0 Å². The van der Waals surface area contributed by atoms with Crippen LogP contribution in [0.1, 0.15) is 18.5 Å². The highest BCUT2D eigenvalue weighted by Gasteiger charge is 2.10. The number of hydrogen-bond acceptors (Lipinski definition) is 5. The maximum Gasteiger partial charge on any atom is 0.222 e. The van der Waals surface area contributed by atoms with Gasteiger partial charge in [0.25, 0.3) is 0 Å². The summed E-state index contributed by atoms with van der Waals surface area (Å²) in [5.41, 5.74) is 6.48. The minimum Gasteiger partial charge on any atom is -0.368 e. The Hall–Kier alpha value is -1.69. The van der Waals surface area contributed by atoms with Crippen molar-refractivity contribution in [3.8, 4) is 0 Å². The molecule has 6 heteroatoms. The van der Waals surface area contributed by atoms with Gasteiger partial charge in [-0.05, 0) is 29.3 Å². The smallest absolute Gasteiger partial charge is 0.222 e. The van der Waals surface area contributed by atoms with Crippen LogP contribution in [0.3, 0.4) is 0 Å². The first-order chi connectivity index (χ1) is 7.66. The molecule has 16 heavy (non-hydrogen) atoms. The average Bonchev–Trinajstić information content (AvgIpc) is 2.76. The second-order valence-electron chi connectivity index (χ2n) is 3.35. The van der Waals surface area contributed by atoms with Crippen LogP contribution < -0.4 is 11.1 Å². The highest BCUT2D eigenvalue weighted by atomic mass is 32.1. The van der Waals surface area contributed by atoms with E-state index in [1.807, 2.05) is 23.8 Å². The summed E-state index contributed by atoms with van der Waals surface area (Å²) in [7, 11) is 0. The van der Waals surface area contributed by atoms with Gasteiger partial charge in [0.1, 0.15) is 0 Å². The highest BCUT2D eigenvalue weighted by Crippen LogP contribution is 2.21. The van der Waals surface area contributed by atoms with E-state index in [-0.39, 0.29) is 17.8 Å². The molecule has 0 spiro atoms. The molecule has 0 aromatic carbocycles. The van der Waals surface area contributed by atoms with Crippen molar-refractivity contribution in [1.29, 1.82) is 0 Å². The van der Waals surface area contributed by atoms with Gasteiger partial charge in [0.2, 0.25) is 5.95 Å². The van der Waals surface area contributed by atoms with E-state index in [9.17, 15) is 4.39 Å². The third-order valence-electron chi connectivity index (χ3n) is 2.16. The Bertz CT molecular complexity index is 472. The number of rotatable bonds is 3. The molecule has 0 amide bonds. The number of nitrogens with zero attached hydrogens (tertiary/aromatic N) is 2. The SMILES string of the molecule is CC(Nc1nc(N)ncc1F)c1ccsc1. The number of hydrogen-bond donors (Lipinski definition) is 2. The third-order valence-corrected chi connectivity index (χ3v) is 2.86. The van der Waals surface area contributed by atoms with Crippen molar-refractivity contribution >= 4 is 23.1 Å². The normalized spacial score (nSPS) is 12.4. The Morgan fingerprint density at radius 1 is 1.56 bits per heavy atom. The largest absolute Gasteiger partial charge is 0.368 e. The van der Waals surface area contributed by atoms with Crippen molar-refractivity contribution in [3.05, 3.63) is 34.4 Å². The Labute approximate surface area is 96.4 Å².